The van der Waals surface area contributed by atoms with Gasteiger partial charge in [-0.25, -0.2) is 9.48 Å². The van der Waals surface area contributed by atoms with Gasteiger partial charge in [0.15, 0.2) is 11.5 Å². The molecular formula is C27H31ClN4O4S. The fourth-order valence-corrected chi connectivity index (χ4v) is 5.15. The molecule has 1 unspecified atom stereocenters. The second-order valence-corrected chi connectivity index (χ2v) is 9.98. The third kappa shape index (κ3) is 6.05. The number of esters is 1. The lowest BCUT2D eigenvalue weighted by Crippen LogP contribution is -2.30. The number of halogens is 1. The molecule has 37 heavy (non-hydrogen) atoms. The van der Waals surface area contributed by atoms with Crippen molar-refractivity contribution in [3.8, 4) is 11.5 Å². The number of allylic oxidation sites excluding steroid dienone is 1. The molecule has 10 heteroatoms. The Labute approximate surface area is 226 Å². The molecule has 0 fully saturated rings. The van der Waals surface area contributed by atoms with E-state index in [-0.39, 0.29) is 6.10 Å². The van der Waals surface area contributed by atoms with Gasteiger partial charge in [0.05, 0.1) is 24.9 Å². The minimum absolute atomic E-state index is 0.272. The average Bonchev–Trinajstić information content (AvgIpc) is 3.26. The van der Waals surface area contributed by atoms with Crippen molar-refractivity contribution in [3.05, 3.63) is 69.9 Å². The average molecular weight is 543 g/mol. The van der Waals surface area contributed by atoms with Gasteiger partial charge >= 0.3 is 5.97 Å². The number of rotatable bonds is 10. The maximum Gasteiger partial charge on any atom is 0.338 e. The highest BCUT2D eigenvalue weighted by Gasteiger charge is 2.36. The molecule has 8 nitrogen and oxygen atoms in total. The Balaban J connectivity index is 1.75. The summed E-state index contributed by atoms with van der Waals surface area (Å²) in [5.74, 6) is 1.98. The number of ether oxygens (including phenoxy) is 3. The van der Waals surface area contributed by atoms with Gasteiger partial charge in [0.1, 0.15) is 6.04 Å². The minimum Gasteiger partial charge on any atom is -0.490 e. The second kappa shape index (κ2) is 11.9. The van der Waals surface area contributed by atoms with Gasteiger partial charge in [-0.3, -0.25) is 0 Å². The number of benzene rings is 2. The molecule has 196 valence electrons. The van der Waals surface area contributed by atoms with Gasteiger partial charge in [-0.1, -0.05) is 47.6 Å². The molecule has 0 bridgehead atoms. The lowest BCUT2D eigenvalue weighted by Gasteiger charge is -2.29. The van der Waals surface area contributed by atoms with E-state index in [4.69, 9.17) is 35.9 Å². The van der Waals surface area contributed by atoms with E-state index >= 15 is 0 Å². The maximum atomic E-state index is 13.3. The highest BCUT2D eigenvalue weighted by atomic mass is 35.5. The van der Waals surface area contributed by atoms with Crippen molar-refractivity contribution in [1.29, 1.82) is 0 Å². The summed E-state index contributed by atoms with van der Waals surface area (Å²) >= 11 is 7.81. The quantitative estimate of drug-likeness (QED) is 0.237. The first-order chi connectivity index (χ1) is 17.8. The van der Waals surface area contributed by atoms with Crippen LogP contribution in [-0.2, 0) is 15.3 Å². The van der Waals surface area contributed by atoms with Gasteiger partial charge in [-0.05, 0) is 63.9 Å². The van der Waals surface area contributed by atoms with Crippen molar-refractivity contribution in [2.75, 3.05) is 18.5 Å². The standard InChI is InChI=1S/C27H31ClN4O4S/c1-6-34-21-13-12-18(14-22(21)35-7-2)24-23(25(33)36-16(3)4)17(5)29-26-30-27(31-32(24)26)37-15-19-10-8-9-11-20(19)28/h8-14,16,24H,6-7,15H2,1-5H3,(H,29,30,31). The first kappa shape index (κ1) is 26.9. The number of fused-ring (bicyclic) bond motifs is 1. The van der Waals surface area contributed by atoms with Crippen LogP contribution >= 0.6 is 23.4 Å². The molecule has 0 saturated carbocycles. The van der Waals surface area contributed by atoms with Crippen LogP contribution in [-0.4, -0.2) is 40.1 Å². The van der Waals surface area contributed by atoms with Crippen LogP contribution in [0.25, 0.3) is 0 Å². The molecular weight excluding hydrogens is 512 g/mol. The Kier molecular flexibility index (Phi) is 8.66. The predicted molar refractivity (Wildman–Crippen MR) is 146 cm³/mol. The Morgan fingerprint density at radius 2 is 1.86 bits per heavy atom. The van der Waals surface area contributed by atoms with Crippen LogP contribution in [0.4, 0.5) is 5.95 Å². The summed E-state index contributed by atoms with van der Waals surface area (Å²) in [6.07, 6.45) is -0.272. The molecule has 2 heterocycles. The molecule has 0 radical (unpaired) electrons. The summed E-state index contributed by atoms with van der Waals surface area (Å²) in [6, 6.07) is 12.8. The third-order valence-corrected chi connectivity index (χ3v) is 6.85. The highest BCUT2D eigenvalue weighted by molar-refractivity contribution is 7.98. The van der Waals surface area contributed by atoms with E-state index in [1.54, 1.807) is 4.68 Å². The minimum atomic E-state index is -0.570. The Morgan fingerprint density at radius 3 is 2.57 bits per heavy atom. The SMILES string of the molecule is CCOc1ccc(C2C(C(=O)OC(C)C)=C(C)Nc3nc(SCc4ccccc4Cl)nn32)cc1OCC. The van der Waals surface area contributed by atoms with E-state index in [0.717, 1.165) is 11.1 Å². The van der Waals surface area contributed by atoms with Gasteiger partial charge < -0.3 is 19.5 Å². The van der Waals surface area contributed by atoms with E-state index < -0.39 is 12.0 Å². The van der Waals surface area contributed by atoms with Crippen molar-refractivity contribution in [3.63, 3.8) is 0 Å². The van der Waals surface area contributed by atoms with Crippen molar-refractivity contribution in [2.24, 2.45) is 0 Å². The summed E-state index contributed by atoms with van der Waals surface area (Å²) in [4.78, 5) is 18.0. The zero-order chi connectivity index (χ0) is 26.5. The zero-order valence-corrected chi connectivity index (χ0v) is 23.2. The first-order valence-electron chi connectivity index (χ1n) is 12.2. The maximum absolute atomic E-state index is 13.3. The summed E-state index contributed by atoms with van der Waals surface area (Å²) in [5, 5.41) is 9.28. The molecule has 0 spiro atoms. The second-order valence-electron chi connectivity index (χ2n) is 8.64. The number of anilines is 1. The molecule has 4 rings (SSSR count). The normalized spacial score (nSPS) is 14.8. The lowest BCUT2D eigenvalue weighted by atomic mass is 9.95. The molecule has 0 aliphatic carbocycles. The van der Waals surface area contributed by atoms with Crippen LogP contribution in [0.15, 0.2) is 58.9 Å². The number of hydrogen-bond acceptors (Lipinski definition) is 8. The smallest absolute Gasteiger partial charge is 0.338 e. The number of aromatic nitrogens is 3. The van der Waals surface area contributed by atoms with E-state index in [0.29, 0.717) is 57.9 Å². The molecule has 2 aromatic carbocycles. The van der Waals surface area contributed by atoms with Crippen molar-refractivity contribution >= 4 is 35.3 Å². The fourth-order valence-electron chi connectivity index (χ4n) is 4.04. The van der Waals surface area contributed by atoms with Gasteiger partial charge in [0.2, 0.25) is 11.1 Å². The monoisotopic (exact) mass is 542 g/mol. The molecule has 0 amide bonds. The predicted octanol–water partition coefficient (Wildman–Crippen LogP) is 6.26. The van der Waals surface area contributed by atoms with E-state index in [1.807, 2.05) is 77.1 Å². The van der Waals surface area contributed by atoms with Gasteiger partial charge in [0.25, 0.3) is 0 Å². The largest absolute Gasteiger partial charge is 0.490 e. The fraction of sp³-hybridized carbons (Fsp3) is 0.370. The molecule has 1 N–H and O–H groups in total. The van der Waals surface area contributed by atoms with Crippen LogP contribution in [0.1, 0.15) is 51.8 Å². The van der Waals surface area contributed by atoms with Gasteiger partial charge in [0, 0.05) is 16.5 Å². The van der Waals surface area contributed by atoms with Gasteiger partial charge in [-0.15, -0.1) is 5.10 Å². The van der Waals surface area contributed by atoms with Gasteiger partial charge in [-0.2, -0.15) is 4.98 Å². The molecule has 1 atom stereocenters. The summed E-state index contributed by atoms with van der Waals surface area (Å²) in [7, 11) is 0. The number of carbonyl (C=O) groups is 1. The van der Waals surface area contributed by atoms with Crippen molar-refractivity contribution < 1.29 is 19.0 Å². The molecule has 1 aliphatic heterocycles. The Bertz CT molecular complexity index is 1310. The number of thioether (sulfide) groups is 1. The van der Waals surface area contributed by atoms with E-state index in [2.05, 4.69) is 5.32 Å². The van der Waals surface area contributed by atoms with E-state index in [1.165, 1.54) is 11.8 Å². The summed E-state index contributed by atoms with van der Waals surface area (Å²) in [6.45, 7) is 10.3. The number of nitrogens with one attached hydrogen (secondary N) is 1. The molecule has 1 aromatic heterocycles. The third-order valence-electron chi connectivity index (χ3n) is 5.59. The summed E-state index contributed by atoms with van der Waals surface area (Å²) < 4.78 is 19.0. The summed E-state index contributed by atoms with van der Waals surface area (Å²) in [5.41, 5.74) is 2.91. The number of carbonyl (C=O) groups excluding carboxylic acids is 1. The van der Waals surface area contributed by atoms with E-state index in [9.17, 15) is 4.79 Å². The topological polar surface area (TPSA) is 87.5 Å². The van der Waals surface area contributed by atoms with Crippen LogP contribution < -0.4 is 14.8 Å². The first-order valence-corrected chi connectivity index (χ1v) is 13.6. The molecule has 3 aromatic rings. The van der Waals surface area contributed by atoms with Crippen LogP contribution in [0.5, 0.6) is 11.5 Å². The van der Waals surface area contributed by atoms with Crippen LogP contribution in [0, 0.1) is 0 Å². The molecule has 0 saturated heterocycles. The van der Waals surface area contributed by atoms with Crippen molar-refractivity contribution in [1.82, 2.24) is 14.8 Å². The van der Waals surface area contributed by atoms with Crippen molar-refractivity contribution in [2.45, 2.75) is 57.7 Å². The van der Waals surface area contributed by atoms with Crippen LogP contribution in [0.3, 0.4) is 0 Å². The Morgan fingerprint density at radius 1 is 1.14 bits per heavy atom. The Hall–Kier alpha value is -3.17. The number of hydrogen-bond donors (Lipinski definition) is 1. The number of nitrogens with zero attached hydrogens (tertiary/aromatic N) is 3. The lowest BCUT2D eigenvalue weighted by molar-refractivity contribution is -0.143. The van der Waals surface area contributed by atoms with Crippen LogP contribution in [0.2, 0.25) is 5.02 Å². The highest BCUT2D eigenvalue weighted by Crippen LogP contribution is 2.40. The molecule has 1 aliphatic rings. The zero-order valence-electron chi connectivity index (χ0n) is 21.6.